The van der Waals surface area contributed by atoms with Crippen molar-refractivity contribution in [2.75, 3.05) is 0 Å². The second kappa shape index (κ2) is 7.63. The van der Waals surface area contributed by atoms with Crippen LogP contribution in [0.2, 0.25) is 0 Å². The Morgan fingerprint density at radius 2 is 1.87 bits per heavy atom. The SMILES string of the molecule is Cc1ccc(-c2cc3c(=O)n(Cc4nc(-c5cccc(Br)c5)no4)ccn3n2)cc1C. The van der Waals surface area contributed by atoms with Crippen LogP contribution in [0.4, 0.5) is 0 Å². The van der Waals surface area contributed by atoms with Crippen molar-refractivity contribution in [3.05, 3.63) is 92.8 Å². The minimum atomic E-state index is -0.174. The van der Waals surface area contributed by atoms with Gasteiger partial charge in [-0.05, 0) is 49.2 Å². The van der Waals surface area contributed by atoms with E-state index in [1.807, 2.05) is 36.4 Å². The Morgan fingerprint density at radius 3 is 2.68 bits per heavy atom. The Bertz CT molecular complexity index is 1480. The summed E-state index contributed by atoms with van der Waals surface area (Å²) in [6.45, 7) is 4.32. The zero-order chi connectivity index (χ0) is 21.5. The van der Waals surface area contributed by atoms with Crippen molar-refractivity contribution in [2.45, 2.75) is 20.4 Å². The van der Waals surface area contributed by atoms with Crippen LogP contribution in [0.25, 0.3) is 28.2 Å². The van der Waals surface area contributed by atoms with Crippen molar-refractivity contribution in [1.82, 2.24) is 24.3 Å². The van der Waals surface area contributed by atoms with E-state index in [1.54, 1.807) is 21.5 Å². The van der Waals surface area contributed by atoms with Crippen LogP contribution < -0.4 is 5.56 Å². The number of halogens is 1. The quantitative estimate of drug-likeness (QED) is 0.378. The molecule has 0 saturated heterocycles. The van der Waals surface area contributed by atoms with Crippen LogP contribution in [-0.4, -0.2) is 24.3 Å². The summed E-state index contributed by atoms with van der Waals surface area (Å²) in [6.07, 6.45) is 3.43. The largest absolute Gasteiger partial charge is 0.337 e. The van der Waals surface area contributed by atoms with E-state index in [0.717, 1.165) is 21.3 Å². The molecule has 0 bridgehead atoms. The molecule has 0 aliphatic rings. The number of rotatable bonds is 4. The Balaban J connectivity index is 1.47. The topological polar surface area (TPSA) is 78.2 Å². The number of benzene rings is 2. The van der Waals surface area contributed by atoms with Crippen molar-refractivity contribution in [3.63, 3.8) is 0 Å². The summed E-state index contributed by atoms with van der Waals surface area (Å²) in [5.74, 6) is 0.835. The Kier molecular flexibility index (Phi) is 4.78. The normalized spacial score (nSPS) is 11.3. The van der Waals surface area contributed by atoms with E-state index >= 15 is 0 Å². The van der Waals surface area contributed by atoms with E-state index in [0.29, 0.717) is 17.2 Å². The first-order valence-electron chi connectivity index (χ1n) is 9.73. The molecule has 3 heterocycles. The lowest BCUT2D eigenvalue weighted by molar-refractivity contribution is 0.370. The van der Waals surface area contributed by atoms with Crippen LogP contribution in [0, 0.1) is 13.8 Å². The molecular formula is C23H18BrN5O2. The van der Waals surface area contributed by atoms with Gasteiger partial charge in [0, 0.05) is 28.0 Å². The van der Waals surface area contributed by atoms with Crippen LogP contribution in [0.15, 0.2) is 74.7 Å². The minimum Gasteiger partial charge on any atom is -0.337 e. The third kappa shape index (κ3) is 3.70. The number of fused-ring (bicyclic) bond motifs is 1. The summed E-state index contributed by atoms with van der Waals surface area (Å²) in [5.41, 5.74) is 5.29. The van der Waals surface area contributed by atoms with Gasteiger partial charge in [0.25, 0.3) is 5.56 Å². The number of hydrogen-bond donors (Lipinski definition) is 0. The Labute approximate surface area is 186 Å². The van der Waals surface area contributed by atoms with Gasteiger partial charge in [-0.25, -0.2) is 4.52 Å². The summed E-state index contributed by atoms with van der Waals surface area (Å²) in [6, 6.07) is 15.6. The molecule has 0 spiro atoms. The summed E-state index contributed by atoms with van der Waals surface area (Å²) < 4.78 is 9.44. The maximum Gasteiger partial charge on any atom is 0.277 e. The standard InChI is InChI=1S/C23H18BrN5O2/c1-14-6-7-16(10-15(14)2)19-12-20-23(30)28(8-9-29(20)26-19)13-21-25-22(27-31-21)17-4-3-5-18(24)11-17/h3-12H,13H2,1-2H3. The molecule has 8 heteroatoms. The van der Waals surface area contributed by atoms with Gasteiger partial charge in [0.1, 0.15) is 12.1 Å². The van der Waals surface area contributed by atoms with Gasteiger partial charge in [-0.2, -0.15) is 10.1 Å². The van der Waals surface area contributed by atoms with Gasteiger partial charge in [-0.15, -0.1) is 0 Å². The molecule has 0 aliphatic heterocycles. The lowest BCUT2D eigenvalue weighted by atomic mass is 10.0. The maximum atomic E-state index is 13.0. The summed E-state index contributed by atoms with van der Waals surface area (Å²) in [4.78, 5) is 17.5. The molecule has 0 aliphatic carbocycles. The highest BCUT2D eigenvalue weighted by Crippen LogP contribution is 2.22. The molecule has 3 aromatic heterocycles. The second-order valence-electron chi connectivity index (χ2n) is 7.41. The molecule has 0 atom stereocenters. The summed E-state index contributed by atoms with van der Waals surface area (Å²) >= 11 is 3.44. The third-order valence-electron chi connectivity index (χ3n) is 5.26. The zero-order valence-corrected chi connectivity index (χ0v) is 18.5. The molecule has 0 N–H and O–H groups in total. The van der Waals surface area contributed by atoms with Crippen molar-refractivity contribution in [1.29, 1.82) is 0 Å². The fraction of sp³-hybridized carbons (Fsp3) is 0.130. The first-order valence-corrected chi connectivity index (χ1v) is 10.5. The van der Waals surface area contributed by atoms with Gasteiger partial charge in [-0.3, -0.25) is 4.79 Å². The van der Waals surface area contributed by atoms with Gasteiger partial charge in [0.2, 0.25) is 11.7 Å². The minimum absolute atomic E-state index is 0.174. The molecule has 5 rings (SSSR count). The molecule has 0 radical (unpaired) electrons. The monoisotopic (exact) mass is 475 g/mol. The average Bonchev–Trinajstić information content (AvgIpc) is 3.40. The number of aryl methyl sites for hydroxylation is 2. The molecule has 0 fully saturated rings. The molecule has 7 nitrogen and oxygen atoms in total. The van der Waals surface area contributed by atoms with E-state index in [9.17, 15) is 4.79 Å². The van der Waals surface area contributed by atoms with Crippen LogP contribution in [0.5, 0.6) is 0 Å². The molecule has 5 aromatic rings. The highest BCUT2D eigenvalue weighted by Gasteiger charge is 2.13. The van der Waals surface area contributed by atoms with Gasteiger partial charge in [0.05, 0.1) is 5.69 Å². The van der Waals surface area contributed by atoms with Crippen molar-refractivity contribution >= 4 is 21.4 Å². The first kappa shape index (κ1) is 19.4. The molecule has 0 saturated carbocycles. The lowest BCUT2D eigenvalue weighted by Gasteiger charge is -2.02. The number of aromatic nitrogens is 5. The smallest absolute Gasteiger partial charge is 0.277 e. The highest BCUT2D eigenvalue weighted by molar-refractivity contribution is 9.10. The highest BCUT2D eigenvalue weighted by atomic mass is 79.9. The van der Waals surface area contributed by atoms with Gasteiger partial charge < -0.3 is 9.09 Å². The fourth-order valence-electron chi connectivity index (χ4n) is 3.40. The lowest BCUT2D eigenvalue weighted by Crippen LogP contribution is -2.21. The molecule has 0 amide bonds. The second-order valence-corrected chi connectivity index (χ2v) is 8.33. The van der Waals surface area contributed by atoms with Crippen molar-refractivity contribution in [2.24, 2.45) is 0 Å². The van der Waals surface area contributed by atoms with Gasteiger partial charge in [-0.1, -0.05) is 45.4 Å². The van der Waals surface area contributed by atoms with E-state index in [2.05, 4.69) is 57.1 Å². The fourth-order valence-corrected chi connectivity index (χ4v) is 3.80. The maximum absolute atomic E-state index is 13.0. The van der Waals surface area contributed by atoms with Crippen LogP contribution >= 0.6 is 15.9 Å². The van der Waals surface area contributed by atoms with E-state index in [4.69, 9.17) is 4.52 Å². The molecular weight excluding hydrogens is 458 g/mol. The molecule has 154 valence electrons. The summed E-state index contributed by atoms with van der Waals surface area (Å²) in [7, 11) is 0. The Hall–Kier alpha value is -3.52. The van der Waals surface area contributed by atoms with Crippen molar-refractivity contribution < 1.29 is 4.52 Å². The van der Waals surface area contributed by atoms with Crippen molar-refractivity contribution in [3.8, 4) is 22.6 Å². The van der Waals surface area contributed by atoms with Crippen LogP contribution in [0.1, 0.15) is 17.0 Å². The van der Waals surface area contributed by atoms with Gasteiger partial charge in [0.15, 0.2) is 0 Å². The molecule has 2 aromatic carbocycles. The van der Waals surface area contributed by atoms with Crippen LogP contribution in [0.3, 0.4) is 0 Å². The zero-order valence-electron chi connectivity index (χ0n) is 16.9. The third-order valence-corrected chi connectivity index (χ3v) is 5.76. The Morgan fingerprint density at radius 1 is 1.00 bits per heavy atom. The average molecular weight is 476 g/mol. The van der Waals surface area contributed by atoms with Crippen LogP contribution in [-0.2, 0) is 6.54 Å². The summed E-state index contributed by atoms with van der Waals surface area (Å²) in [5, 5.41) is 8.60. The van der Waals surface area contributed by atoms with E-state index < -0.39 is 0 Å². The van der Waals surface area contributed by atoms with Gasteiger partial charge >= 0.3 is 0 Å². The predicted octanol–water partition coefficient (Wildman–Crippen LogP) is 4.64. The first-order chi connectivity index (χ1) is 15.0. The number of hydrogen-bond acceptors (Lipinski definition) is 5. The molecule has 0 unspecified atom stereocenters. The number of nitrogens with zero attached hydrogens (tertiary/aromatic N) is 5. The predicted molar refractivity (Wildman–Crippen MR) is 121 cm³/mol. The van der Waals surface area contributed by atoms with E-state index in [-0.39, 0.29) is 12.1 Å². The molecule has 31 heavy (non-hydrogen) atoms. The van der Waals surface area contributed by atoms with E-state index in [1.165, 1.54) is 11.1 Å².